The minimum absolute atomic E-state index is 0.105. The highest BCUT2D eigenvalue weighted by atomic mass is 79.9. The van der Waals surface area contributed by atoms with E-state index in [-0.39, 0.29) is 6.17 Å². The number of aromatic nitrogens is 6. The molecule has 0 saturated heterocycles. The van der Waals surface area contributed by atoms with E-state index in [2.05, 4.69) is 83.4 Å². The first-order valence-corrected chi connectivity index (χ1v) is 9.57. The summed E-state index contributed by atoms with van der Waals surface area (Å²) in [6.45, 7) is 4.98. The molecule has 0 aromatic carbocycles. The highest BCUT2D eigenvalue weighted by Gasteiger charge is 2.25. The highest BCUT2D eigenvalue weighted by molar-refractivity contribution is 9.10. The Balaban J connectivity index is 1.61. The van der Waals surface area contributed by atoms with Crippen molar-refractivity contribution in [1.29, 1.82) is 0 Å². The van der Waals surface area contributed by atoms with Gasteiger partial charge in [-0.15, -0.1) is 0 Å². The van der Waals surface area contributed by atoms with Gasteiger partial charge in [-0.1, -0.05) is 6.07 Å². The van der Waals surface area contributed by atoms with Gasteiger partial charge in [0.1, 0.15) is 12.4 Å². The van der Waals surface area contributed by atoms with Crippen LogP contribution < -0.4 is 9.13 Å². The van der Waals surface area contributed by atoms with Crippen LogP contribution in [-0.2, 0) is 6.54 Å². The Bertz CT molecular complexity index is 1040. The van der Waals surface area contributed by atoms with Gasteiger partial charge in [0.15, 0.2) is 6.20 Å². The number of rotatable bonds is 5. The number of halogens is 1. The van der Waals surface area contributed by atoms with E-state index in [1.165, 1.54) is 5.56 Å². The van der Waals surface area contributed by atoms with E-state index in [0.29, 0.717) is 0 Å². The maximum absolute atomic E-state index is 4.49. The summed E-state index contributed by atoms with van der Waals surface area (Å²) in [5, 5.41) is 0. The van der Waals surface area contributed by atoms with Crippen LogP contribution in [0, 0.1) is 6.92 Å². The first-order valence-electron chi connectivity index (χ1n) is 8.78. The van der Waals surface area contributed by atoms with Crippen molar-refractivity contribution in [2.75, 3.05) is 0 Å². The first kappa shape index (κ1) is 17.6. The Morgan fingerprint density at radius 2 is 2.07 bits per heavy atom. The predicted octanol–water partition coefficient (Wildman–Crippen LogP) is 2.83. The van der Waals surface area contributed by atoms with Crippen molar-refractivity contribution in [3.05, 3.63) is 89.8 Å². The summed E-state index contributed by atoms with van der Waals surface area (Å²) in [7, 11) is 0. The standard InChI is InChI=1S/C20H21BrN6/c1-16-5-6-19(23-12-16)26-11-10-25(15-26)17(2)27-8-3-4-18(20(27)21)13-24-9-7-22-14-24/h3-12,14-15,17H,13H2,1-2H3/q+2. The van der Waals surface area contributed by atoms with Crippen molar-refractivity contribution in [2.24, 2.45) is 0 Å². The third-order valence-corrected chi connectivity index (χ3v) is 5.52. The summed E-state index contributed by atoms with van der Waals surface area (Å²) in [6.07, 6.45) is 15.8. The maximum Gasteiger partial charge on any atom is 0.296 e. The van der Waals surface area contributed by atoms with Gasteiger partial charge in [0.05, 0.1) is 18.4 Å². The van der Waals surface area contributed by atoms with E-state index in [4.69, 9.17) is 0 Å². The third-order valence-electron chi connectivity index (χ3n) is 4.60. The molecule has 0 bridgehead atoms. The van der Waals surface area contributed by atoms with Gasteiger partial charge in [0.25, 0.3) is 17.1 Å². The van der Waals surface area contributed by atoms with Crippen LogP contribution in [-0.4, -0.2) is 19.1 Å². The number of hydrogen-bond acceptors (Lipinski definition) is 2. The van der Waals surface area contributed by atoms with Crippen LogP contribution in [0.4, 0.5) is 0 Å². The molecule has 0 saturated carbocycles. The first-order chi connectivity index (χ1) is 13.1. The summed E-state index contributed by atoms with van der Waals surface area (Å²) in [6, 6.07) is 8.30. The van der Waals surface area contributed by atoms with Gasteiger partial charge < -0.3 is 4.57 Å². The molecule has 1 unspecified atom stereocenters. The molecule has 7 heteroatoms. The normalized spacial score (nSPS) is 12.3. The van der Waals surface area contributed by atoms with Gasteiger partial charge in [-0.3, -0.25) is 0 Å². The topological polar surface area (TPSA) is 43.4 Å². The Morgan fingerprint density at radius 1 is 1.19 bits per heavy atom. The largest absolute Gasteiger partial charge is 0.333 e. The quantitative estimate of drug-likeness (QED) is 0.365. The zero-order valence-electron chi connectivity index (χ0n) is 15.3. The van der Waals surface area contributed by atoms with Crippen molar-refractivity contribution in [1.82, 2.24) is 19.1 Å². The smallest absolute Gasteiger partial charge is 0.296 e. The molecule has 0 aliphatic carbocycles. The SMILES string of the molecule is Cc1ccc(-n2cc[n+](C(C)[n+]3cccc(Cn4ccnc4)c3Br)c2)nc1. The fourth-order valence-electron chi connectivity index (χ4n) is 3.02. The summed E-state index contributed by atoms with van der Waals surface area (Å²) >= 11 is 3.78. The molecular formula is C20H21BrN6+2. The van der Waals surface area contributed by atoms with Gasteiger partial charge in [0.2, 0.25) is 5.82 Å². The maximum atomic E-state index is 4.49. The monoisotopic (exact) mass is 424 g/mol. The average Bonchev–Trinajstić information content (AvgIpc) is 3.36. The van der Waals surface area contributed by atoms with E-state index in [1.54, 1.807) is 6.20 Å². The number of imidazole rings is 2. The molecule has 0 N–H and O–H groups in total. The van der Waals surface area contributed by atoms with Gasteiger partial charge in [-0.25, -0.2) is 9.97 Å². The van der Waals surface area contributed by atoms with E-state index in [1.807, 2.05) is 42.5 Å². The second-order valence-corrected chi connectivity index (χ2v) is 7.31. The fraction of sp³-hybridized carbons (Fsp3) is 0.200. The molecule has 4 aromatic heterocycles. The van der Waals surface area contributed by atoms with Gasteiger partial charge in [0, 0.05) is 53.6 Å². The molecule has 4 aromatic rings. The molecule has 0 fully saturated rings. The number of pyridine rings is 2. The molecule has 0 aliphatic rings. The van der Waals surface area contributed by atoms with Crippen molar-refractivity contribution in [2.45, 2.75) is 26.6 Å². The molecule has 0 spiro atoms. The molecule has 27 heavy (non-hydrogen) atoms. The van der Waals surface area contributed by atoms with Crippen molar-refractivity contribution in [3.8, 4) is 5.82 Å². The number of nitrogens with zero attached hydrogens (tertiary/aromatic N) is 6. The summed E-state index contributed by atoms with van der Waals surface area (Å²) in [4.78, 5) is 8.61. The lowest BCUT2D eigenvalue weighted by Gasteiger charge is -2.09. The minimum atomic E-state index is 0.105. The fourth-order valence-corrected chi connectivity index (χ4v) is 3.69. The van der Waals surface area contributed by atoms with Crippen LogP contribution in [0.5, 0.6) is 0 Å². The Kier molecular flexibility index (Phi) is 4.85. The predicted molar refractivity (Wildman–Crippen MR) is 104 cm³/mol. The summed E-state index contributed by atoms with van der Waals surface area (Å²) in [5.74, 6) is 0.907. The molecule has 136 valence electrons. The molecule has 6 nitrogen and oxygen atoms in total. The molecule has 4 heterocycles. The lowest BCUT2D eigenvalue weighted by molar-refractivity contribution is -0.945. The number of hydrogen-bond donors (Lipinski definition) is 0. The van der Waals surface area contributed by atoms with E-state index in [0.717, 1.165) is 22.5 Å². The second kappa shape index (κ2) is 7.44. The van der Waals surface area contributed by atoms with Crippen LogP contribution in [0.2, 0.25) is 0 Å². The third kappa shape index (κ3) is 3.68. The molecule has 1 atom stereocenters. The summed E-state index contributed by atoms with van der Waals surface area (Å²) < 4.78 is 9.51. The molecule has 0 amide bonds. The van der Waals surface area contributed by atoms with Crippen LogP contribution in [0.15, 0.2) is 78.7 Å². The average molecular weight is 425 g/mol. The van der Waals surface area contributed by atoms with Gasteiger partial charge in [-0.05, 0) is 18.6 Å². The van der Waals surface area contributed by atoms with E-state index in [9.17, 15) is 0 Å². The number of aryl methyl sites for hydroxylation is 1. The van der Waals surface area contributed by atoms with Crippen LogP contribution in [0.25, 0.3) is 5.82 Å². The van der Waals surface area contributed by atoms with Crippen LogP contribution in [0.3, 0.4) is 0 Å². The Morgan fingerprint density at radius 3 is 2.81 bits per heavy atom. The molecule has 4 rings (SSSR count). The molecule has 0 radical (unpaired) electrons. The minimum Gasteiger partial charge on any atom is -0.333 e. The van der Waals surface area contributed by atoms with Gasteiger partial charge >= 0.3 is 0 Å². The summed E-state index contributed by atoms with van der Waals surface area (Å²) in [5.41, 5.74) is 2.35. The molecular weight excluding hydrogens is 404 g/mol. The second-order valence-electron chi connectivity index (χ2n) is 6.56. The van der Waals surface area contributed by atoms with Crippen molar-refractivity contribution < 1.29 is 9.13 Å². The zero-order valence-corrected chi connectivity index (χ0v) is 16.9. The lowest BCUT2D eigenvalue weighted by Crippen LogP contribution is -2.55. The van der Waals surface area contributed by atoms with Crippen molar-refractivity contribution >= 4 is 15.9 Å². The van der Waals surface area contributed by atoms with Gasteiger partial charge in [-0.2, -0.15) is 13.7 Å². The van der Waals surface area contributed by atoms with Crippen molar-refractivity contribution in [3.63, 3.8) is 0 Å². The highest BCUT2D eigenvalue weighted by Crippen LogP contribution is 2.14. The van der Waals surface area contributed by atoms with Crippen LogP contribution >= 0.6 is 15.9 Å². The Hall–Kier alpha value is -2.80. The van der Waals surface area contributed by atoms with E-state index < -0.39 is 0 Å². The van der Waals surface area contributed by atoms with E-state index >= 15 is 0 Å². The van der Waals surface area contributed by atoms with Crippen LogP contribution in [0.1, 0.15) is 24.2 Å². The Labute approximate surface area is 166 Å². The lowest BCUT2D eigenvalue weighted by atomic mass is 10.2. The molecule has 0 aliphatic heterocycles. The zero-order chi connectivity index (χ0) is 18.8.